The molecule has 0 bridgehead atoms. The van der Waals surface area contributed by atoms with E-state index >= 15 is 0 Å². The first-order valence-corrected chi connectivity index (χ1v) is 12.1. The third-order valence-corrected chi connectivity index (χ3v) is 7.31. The van der Waals surface area contributed by atoms with E-state index in [1.165, 1.54) is 16.7 Å². The molecule has 2 heterocycles. The number of aromatic nitrogens is 1. The highest BCUT2D eigenvalue weighted by molar-refractivity contribution is 6.33. The first kappa shape index (κ1) is 26.1. The molecule has 0 atom stereocenters. The van der Waals surface area contributed by atoms with E-state index in [9.17, 15) is 18.0 Å². The highest BCUT2D eigenvalue weighted by atomic mass is 35.5. The Morgan fingerprint density at radius 2 is 1.72 bits per heavy atom. The highest BCUT2D eigenvalue weighted by Gasteiger charge is 2.37. The molecule has 4 rings (SSSR count). The van der Waals surface area contributed by atoms with Crippen LogP contribution in [0.1, 0.15) is 84.7 Å². The summed E-state index contributed by atoms with van der Waals surface area (Å²) in [6.07, 6.45) is -1.14. The van der Waals surface area contributed by atoms with Gasteiger partial charge in [-0.3, -0.25) is 15.6 Å². The Labute approximate surface area is 213 Å². The summed E-state index contributed by atoms with van der Waals surface area (Å²) >= 11 is 5.86. The van der Waals surface area contributed by atoms with Gasteiger partial charge in [0.25, 0.3) is 0 Å². The summed E-state index contributed by atoms with van der Waals surface area (Å²) in [6, 6.07) is 8.58. The summed E-state index contributed by atoms with van der Waals surface area (Å²) in [5.41, 5.74) is 9.08. The number of hydrogen-bond donors (Lipinski definition) is 2. The first-order valence-electron chi connectivity index (χ1n) is 11.7. The van der Waals surface area contributed by atoms with Gasteiger partial charge < -0.3 is 4.42 Å². The number of fused-ring (bicyclic) bond motifs is 1. The van der Waals surface area contributed by atoms with Crippen molar-refractivity contribution in [2.45, 2.75) is 70.9 Å². The molecule has 0 saturated carbocycles. The molecule has 192 valence electrons. The number of furan rings is 1. The summed E-state index contributed by atoms with van der Waals surface area (Å²) in [7, 11) is 0. The zero-order valence-electron chi connectivity index (χ0n) is 20.9. The number of pyridine rings is 1. The van der Waals surface area contributed by atoms with Crippen molar-refractivity contribution in [3.8, 4) is 0 Å². The maximum Gasteiger partial charge on any atom is 0.417 e. The second-order valence-electron chi connectivity index (χ2n) is 10.7. The van der Waals surface area contributed by atoms with Crippen LogP contribution in [0, 0.1) is 6.92 Å². The number of hydrazine groups is 1. The molecule has 36 heavy (non-hydrogen) atoms. The van der Waals surface area contributed by atoms with Gasteiger partial charge in [0, 0.05) is 12.6 Å². The van der Waals surface area contributed by atoms with Crippen molar-refractivity contribution in [2.24, 2.45) is 0 Å². The van der Waals surface area contributed by atoms with Crippen molar-refractivity contribution >= 4 is 23.3 Å². The van der Waals surface area contributed by atoms with Crippen LogP contribution in [0.4, 0.5) is 19.0 Å². The van der Waals surface area contributed by atoms with Crippen LogP contribution in [0.25, 0.3) is 0 Å². The van der Waals surface area contributed by atoms with Crippen molar-refractivity contribution in [2.75, 3.05) is 5.43 Å². The van der Waals surface area contributed by atoms with Gasteiger partial charge in [-0.25, -0.2) is 4.98 Å². The Morgan fingerprint density at radius 1 is 1.08 bits per heavy atom. The van der Waals surface area contributed by atoms with Crippen molar-refractivity contribution in [3.05, 3.63) is 80.9 Å². The lowest BCUT2D eigenvalue weighted by molar-refractivity contribution is -0.137. The van der Waals surface area contributed by atoms with E-state index in [1.54, 1.807) is 12.1 Å². The zero-order chi connectivity index (χ0) is 26.5. The molecule has 0 spiro atoms. The van der Waals surface area contributed by atoms with Crippen molar-refractivity contribution in [3.63, 3.8) is 0 Å². The molecule has 1 amide bonds. The Morgan fingerprint density at radius 3 is 2.33 bits per heavy atom. The number of nitrogens with zero attached hydrogens (tertiary/aromatic N) is 1. The minimum atomic E-state index is -4.56. The Bertz CT molecular complexity index is 1310. The predicted octanol–water partition coefficient (Wildman–Crippen LogP) is 7.35. The summed E-state index contributed by atoms with van der Waals surface area (Å²) < 4.78 is 44.1. The lowest BCUT2D eigenvalue weighted by Crippen LogP contribution is -2.34. The number of anilines is 1. The number of rotatable bonds is 5. The van der Waals surface area contributed by atoms with E-state index in [0.717, 1.165) is 24.5 Å². The van der Waals surface area contributed by atoms with Crippen LogP contribution in [-0.4, -0.2) is 10.9 Å². The average Bonchev–Trinajstić information content (AvgIpc) is 3.25. The summed E-state index contributed by atoms with van der Waals surface area (Å²) in [5, 5.41) is -0.278. The van der Waals surface area contributed by atoms with Crippen LogP contribution in [0.15, 0.2) is 40.9 Å². The van der Waals surface area contributed by atoms with Gasteiger partial charge in [0.1, 0.15) is 5.76 Å². The maximum absolute atomic E-state index is 12.8. The van der Waals surface area contributed by atoms with E-state index in [2.05, 4.69) is 62.6 Å². The Kier molecular flexibility index (Phi) is 6.62. The second-order valence-corrected chi connectivity index (χ2v) is 11.1. The van der Waals surface area contributed by atoms with Crippen LogP contribution in [-0.2, 0) is 23.4 Å². The van der Waals surface area contributed by atoms with Crippen LogP contribution in [0.2, 0.25) is 5.02 Å². The molecule has 0 aliphatic heterocycles. The number of aryl methyl sites for hydroxylation is 1. The highest BCUT2D eigenvalue weighted by Crippen LogP contribution is 2.46. The van der Waals surface area contributed by atoms with E-state index in [0.29, 0.717) is 18.4 Å². The van der Waals surface area contributed by atoms with Gasteiger partial charge in [-0.15, -0.1) is 0 Å². The molecule has 1 aromatic carbocycles. The molecule has 9 heteroatoms. The Balaban J connectivity index is 1.47. The van der Waals surface area contributed by atoms with Crippen molar-refractivity contribution in [1.82, 2.24) is 10.4 Å². The number of benzene rings is 1. The molecular weight excluding hydrogens is 491 g/mol. The fourth-order valence-corrected chi connectivity index (χ4v) is 4.82. The van der Waals surface area contributed by atoms with Crippen LogP contribution < -0.4 is 10.9 Å². The smallest absolute Gasteiger partial charge is 0.417 e. The van der Waals surface area contributed by atoms with Gasteiger partial charge in [-0.1, -0.05) is 51.4 Å². The maximum atomic E-state index is 12.8. The largest absolute Gasteiger partial charge is 0.456 e. The fraction of sp³-hybridized carbons (Fsp3) is 0.407. The number of alkyl halides is 3. The number of nitrogens with one attached hydrogen (secondary N) is 2. The molecule has 0 fully saturated rings. The molecular formula is C27H29ClF3N3O2. The van der Waals surface area contributed by atoms with Crippen molar-refractivity contribution < 1.29 is 22.4 Å². The molecule has 3 aromatic rings. The molecule has 5 nitrogen and oxygen atoms in total. The lowest BCUT2D eigenvalue weighted by Gasteiger charge is -2.42. The third kappa shape index (κ3) is 5.24. The minimum absolute atomic E-state index is 0.0533. The van der Waals surface area contributed by atoms with Crippen LogP contribution >= 0.6 is 11.6 Å². The molecule has 0 saturated heterocycles. The van der Waals surface area contributed by atoms with E-state index in [-0.39, 0.29) is 27.4 Å². The quantitative estimate of drug-likeness (QED) is 0.346. The summed E-state index contributed by atoms with van der Waals surface area (Å²) in [5.74, 6) is -0.0385. The topological polar surface area (TPSA) is 67.2 Å². The van der Waals surface area contributed by atoms with E-state index in [4.69, 9.17) is 16.0 Å². The van der Waals surface area contributed by atoms with Crippen LogP contribution in [0.3, 0.4) is 0 Å². The number of carbonyl (C=O) groups is 1. The van der Waals surface area contributed by atoms with Crippen molar-refractivity contribution in [1.29, 1.82) is 0 Å². The van der Waals surface area contributed by atoms with Gasteiger partial charge in [-0.2, -0.15) is 13.2 Å². The third-order valence-electron chi connectivity index (χ3n) is 7.02. The van der Waals surface area contributed by atoms with Gasteiger partial charge in [0.2, 0.25) is 0 Å². The standard InChI is InChI=1S/C27H29ClF3N3O2/c1-15-10-19-20(26(4,5)9-8-25(19,2)3)12-16(15)11-18-6-7-22(36-18)24(35)34-33-23-21(28)13-17(14-32-23)27(29,30)31/h6-7,10,12-14H,8-9,11H2,1-5H3,(H,32,33)(H,34,35). The summed E-state index contributed by atoms with van der Waals surface area (Å²) in [4.78, 5) is 16.1. The van der Waals surface area contributed by atoms with E-state index in [1.807, 2.05) is 0 Å². The average molecular weight is 520 g/mol. The lowest BCUT2D eigenvalue weighted by atomic mass is 9.62. The first-order chi connectivity index (χ1) is 16.7. The molecule has 2 N–H and O–H groups in total. The number of halogens is 4. The molecule has 2 aromatic heterocycles. The number of amides is 1. The predicted molar refractivity (Wildman–Crippen MR) is 133 cm³/mol. The fourth-order valence-electron chi connectivity index (χ4n) is 4.60. The molecule has 1 aliphatic rings. The van der Waals surface area contributed by atoms with Gasteiger partial charge in [0.05, 0.1) is 10.6 Å². The van der Waals surface area contributed by atoms with E-state index < -0.39 is 17.6 Å². The molecule has 0 unspecified atom stereocenters. The Hall–Kier alpha value is -3.00. The zero-order valence-corrected chi connectivity index (χ0v) is 21.6. The minimum Gasteiger partial charge on any atom is -0.456 e. The van der Waals surface area contributed by atoms with Gasteiger partial charge in [-0.05, 0) is 71.0 Å². The van der Waals surface area contributed by atoms with Gasteiger partial charge in [0.15, 0.2) is 11.6 Å². The van der Waals surface area contributed by atoms with Gasteiger partial charge >= 0.3 is 12.1 Å². The molecule has 1 aliphatic carbocycles. The monoisotopic (exact) mass is 519 g/mol. The number of hydrogen-bond acceptors (Lipinski definition) is 4. The number of carbonyl (C=O) groups excluding carboxylic acids is 1. The SMILES string of the molecule is Cc1cc2c(cc1Cc1ccc(C(=O)NNc3ncc(C(F)(F)F)cc3Cl)o1)C(C)(C)CCC2(C)C. The normalized spacial score (nSPS) is 16.4. The van der Waals surface area contributed by atoms with Crippen LogP contribution in [0.5, 0.6) is 0 Å². The molecule has 0 radical (unpaired) electrons. The second kappa shape index (κ2) is 9.14. The summed E-state index contributed by atoms with van der Waals surface area (Å²) in [6.45, 7) is 11.2.